The summed E-state index contributed by atoms with van der Waals surface area (Å²) in [6, 6.07) is 0. The fourth-order valence-electron chi connectivity index (χ4n) is 1.07. The minimum atomic E-state index is 0.0223. The number of hydrogen-bond donors (Lipinski definition) is 1. The molecule has 0 aliphatic rings. The number of nitrogens with one attached hydrogen (secondary N) is 1. The van der Waals surface area contributed by atoms with Crippen LogP contribution in [0.25, 0.3) is 0 Å². The van der Waals surface area contributed by atoms with Crippen LogP contribution in [0.4, 0.5) is 0 Å². The number of nitrogens with zero attached hydrogens (tertiary/aromatic N) is 1. The lowest BCUT2D eigenvalue weighted by Gasteiger charge is -1.90. The van der Waals surface area contributed by atoms with Crippen molar-refractivity contribution in [1.29, 1.82) is 0 Å². The smallest absolute Gasteiger partial charge is 0.199 e. The highest BCUT2D eigenvalue weighted by Gasteiger charge is 2.11. The molecule has 0 unspecified atom stereocenters. The SMILES string of the molecule is CCc1nc(C)c(C(=O)/C=C/NC)s1. The fraction of sp³-hybridized carbons (Fsp3) is 0.400. The predicted octanol–water partition coefficient (Wildman–Crippen LogP) is 1.93. The van der Waals surface area contributed by atoms with Crippen molar-refractivity contribution in [1.82, 2.24) is 10.3 Å². The predicted molar refractivity (Wildman–Crippen MR) is 58.8 cm³/mol. The van der Waals surface area contributed by atoms with E-state index in [1.54, 1.807) is 13.2 Å². The second-order valence-electron chi connectivity index (χ2n) is 2.86. The van der Waals surface area contributed by atoms with Crippen LogP contribution in [0.15, 0.2) is 12.3 Å². The van der Waals surface area contributed by atoms with E-state index in [1.807, 2.05) is 13.8 Å². The molecule has 1 aromatic heterocycles. The maximum absolute atomic E-state index is 11.6. The Morgan fingerprint density at radius 3 is 2.86 bits per heavy atom. The van der Waals surface area contributed by atoms with E-state index in [-0.39, 0.29) is 5.78 Å². The molecule has 0 saturated carbocycles. The molecule has 1 heterocycles. The molecule has 0 radical (unpaired) electrons. The maximum Gasteiger partial charge on any atom is 0.199 e. The van der Waals surface area contributed by atoms with Crippen molar-refractivity contribution in [2.75, 3.05) is 7.05 Å². The van der Waals surface area contributed by atoms with Crippen molar-refractivity contribution < 1.29 is 4.79 Å². The molecule has 3 nitrogen and oxygen atoms in total. The van der Waals surface area contributed by atoms with Gasteiger partial charge in [0, 0.05) is 19.3 Å². The van der Waals surface area contributed by atoms with Crippen molar-refractivity contribution in [2.45, 2.75) is 20.3 Å². The Morgan fingerprint density at radius 2 is 2.36 bits per heavy atom. The molecule has 0 atom stereocenters. The highest BCUT2D eigenvalue weighted by Crippen LogP contribution is 2.19. The Kier molecular flexibility index (Phi) is 3.83. The third-order valence-electron chi connectivity index (χ3n) is 1.77. The number of carbonyl (C=O) groups excluding carboxylic acids is 1. The lowest BCUT2D eigenvalue weighted by atomic mass is 10.3. The van der Waals surface area contributed by atoms with Gasteiger partial charge in [-0.25, -0.2) is 4.98 Å². The molecular formula is C10H14N2OS. The summed E-state index contributed by atoms with van der Waals surface area (Å²) in [5.41, 5.74) is 0.831. The van der Waals surface area contributed by atoms with E-state index in [9.17, 15) is 4.79 Å². The van der Waals surface area contributed by atoms with Gasteiger partial charge in [0.2, 0.25) is 0 Å². The first-order valence-electron chi connectivity index (χ1n) is 4.53. The van der Waals surface area contributed by atoms with E-state index in [2.05, 4.69) is 10.3 Å². The molecule has 76 valence electrons. The first-order valence-corrected chi connectivity index (χ1v) is 5.35. The van der Waals surface area contributed by atoms with Crippen molar-refractivity contribution in [3.05, 3.63) is 27.9 Å². The number of ketones is 1. The van der Waals surface area contributed by atoms with Gasteiger partial charge in [-0.2, -0.15) is 0 Å². The minimum Gasteiger partial charge on any atom is -0.394 e. The van der Waals surface area contributed by atoms with Gasteiger partial charge in [-0.1, -0.05) is 6.92 Å². The molecule has 1 aromatic rings. The van der Waals surface area contributed by atoms with Crippen LogP contribution in [0, 0.1) is 6.92 Å². The number of aryl methyl sites for hydroxylation is 2. The molecule has 14 heavy (non-hydrogen) atoms. The average Bonchev–Trinajstić information content (AvgIpc) is 2.56. The summed E-state index contributed by atoms with van der Waals surface area (Å²) in [5, 5.41) is 3.81. The van der Waals surface area contributed by atoms with Crippen LogP contribution >= 0.6 is 11.3 Å². The van der Waals surface area contributed by atoms with Gasteiger partial charge in [0.05, 0.1) is 15.6 Å². The number of carbonyl (C=O) groups is 1. The first-order chi connectivity index (χ1) is 6.69. The summed E-state index contributed by atoms with van der Waals surface area (Å²) in [7, 11) is 1.76. The van der Waals surface area contributed by atoms with Crippen LogP contribution in [0.5, 0.6) is 0 Å². The van der Waals surface area contributed by atoms with Gasteiger partial charge in [-0.05, 0) is 13.3 Å². The second kappa shape index (κ2) is 4.91. The molecule has 0 aliphatic carbocycles. The topological polar surface area (TPSA) is 42.0 Å². The van der Waals surface area contributed by atoms with Gasteiger partial charge in [-0.3, -0.25) is 4.79 Å². The zero-order valence-corrected chi connectivity index (χ0v) is 9.44. The Bertz CT molecular complexity index is 355. The number of aromatic nitrogens is 1. The van der Waals surface area contributed by atoms with Gasteiger partial charge >= 0.3 is 0 Å². The summed E-state index contributed by atoms with van der Waals surface area (Å²) in [6.45, 7) is 3.91. The van der Waals surface area contributed by atoms with Crippen molar-refractivity contribution in [3.8, 4) is 0 Å². The normalized spacial score (nSPS) is 10.8. The molecule has 4 heteroatoms. The fourth-order valence-corrected chi connectivity index (χ4v) is 1.99. The Hall–Kier alpha value is -1.16. The third kappa shape index (κ3) is 2.42. The number of rotatable bonds is 4. The van der Waals surface area contributed by atoms with Crippen molar-refractivity contribution in [3.63, 3.8) is 0 Å². The lowest BCUT2D eigenvalue weighted by Crippen LogP contribution is -1.98. The first kappa shape index (κ1) is 10.9. The molecule has 0 spiro atoms. The van der Waals surface area contributed by atoms with Gasteiger partial charge in [0.15, 0.2) is 5.78 Å². The lowest BCUT2D eigenvalue weighted by molar-refractivity contribution is 0.104. The quantitative estimate of drug-likeness (QED) is 0.610. The Morgan fingerprint density at radius 1 is 1.64 bits per heavy atom. The van der Waals surface area contributed by atoms with E-state index in [0.717, 1.165) is 22.0 Å². The Balaban J connectivity index is 2.89. The van der Waals surface area contributed by atoms with Crippen molar-refractivity contribution in [2.24, 2.45) is 0 Å². The summed E-state index contributed by atoms with van der Waals surface area (Å²) in [5.74, 6) is 0.0223. The average molecular weight is 210 g/mol. The van der Waals surface area contributed by atoms with Gasteiger partial charge in [0.25, 0.3) is 0 Å². The number of thiazole rings is 1. The standard InChI is InChI=1S/C10H14N2OS/c1-4-9-12-7(2)10(14-9)8(13)5-6-11-3/h5-6,11H,4H2,1-3H3/b6-5+. The molecule has 0 bridgehead atoms. The molecule has 0 fully saturated rings. The monoisotopic (exact) mass is 210 g/mol. The molecular weight excluding hydrogens is 196 g/mol. The maximum atomic E-state index is 11.6. The minimum absolute atomic E-state index is 0.0223. The van der Waals surface area contributed by atoms with Gasteiger partial charge < -0.3 is 5.32 Å². The van der Waals surface area contributed by atoms with E-state index in [0.29, 0.717) is 0 Å². The van der Waals surface area contributed by atoms with E-state index < -0.39 is 0 Å². The molecule has 0 aliphatic heterocycles. The van der Waals surface area contributed by atoms with Crippen LogP contribution < -0.4 is 5.32 Å². The van der Waals surface area contributed by atoms with E-state index >= 15 is 0 Å². The Labute approximate surface area is 87.9 Å². The second-order valence-corrected chi connectivity index (χ2v) is 3.95. The van der Waals surface area contributed by atoms with Crippen LogP contribution in [-0.2, 0) is 6.42 Å². The van der Waals surface area contributed by atoms with E-state index in [4.69, 9.17) is 0 Å². The highest BCUT2D eigenvalue weighted by atomic mass is 32.1. The molecule has 1 N–H and O–H groups in total. The zero-order chi connectivity index (χ0) is 10.6. The van der Waals surface area contributed by atoms with Gasteiger partial charge in [0.1, 0.15) is 0 Å². The van der Waals surface area contributed by atoms with E-state index in [1.165, 1.54) is 17.4 Å². The molecule has 0 amide bonds. The van der Waals surface area contributed by atoms with Crippen LogP contribution in [0.2, 0.25) is 0 Å². The zero-order valence-electron chi connectivity index (χ0n) is 8.63. The van der Waals surface area contributed by atoms with Crippen LogP contribution in [0.1, 0.15) is 27.3 Å². The van der Waals surface area contributed by atoms with Gasteiger partial charge in [-0.15, -0.1) is 11.3 Å². The summed E-state index contributed by atoms with van der Waals surface area (Å²) in [6.07, 6.45) is 4.04. The molecule has 1 rings (SSSR count). The summed E-state index contributed by atoms with van der Waals surface area (Å²) >= 11 is 1.48. The van der Waals surface area contributed by atoms with Crippen molar-refractivity contribution >= 4 is 17.1 Å². The highest BCUT2D eigenvalue weighted by molar-refractivity contribution is 7.14. The third-order valence-corrected chi connectivity index (χ3v) is 3.08. The summed E-state index contributed by atoms with van der Waals surface area (Å²) < 4.78 is 0. The largest absolute Gasteiger partial charge is 0.394 e. The number of allylic oxidation sites excluding steroid dienone is 1. The van der Waals surface area contributed by atoms with Crippen LogP contribution in [0.3, 0.4) is 0 Å². The molecule has 0 saturated heterocycles. The molecule has 0 aromatic carbocycles. The summed E-state index contributed by atoms with van der Waals surface area (Å²) in [4.78, 5) is 16.6. The number of hydrogen-bond acceptors (Lipinski definition) is 4. The van der Waals surface area contributed by atoms with Crippen LogP contribution in [-0.4, -0.2) is 17.8 Å².